The van der Waals surface area contributed by atoms with E-state index in [1.54, 1.807) is 6.92 Å². The number of alkyl halides is 2. The summed E-state index contributed by atoms with van der Waals surface area (Å²) >= 11 is 0. The van der Waals surface area contributed by atoms with E-state index in [2.05, 4.69) is 15.4 Å². The highest BCUT2D eigenvalue weighted by molar-refractivity contribution is 7.89. The van der Waals surface area contributed by atoms with Gasteiger partial charge in [0, 0.05) is 5.69 Å². The molecule has 2 aromatic rings. The van der Waals surface area contributed by atoms with E-state index in [-0.39, 0.29) is 21.9 Å². The number of nitrogens with two attached hydrogens (primary N) is 1. The molecular weight excluding hydrogens is 396 g/mol. The number of benzene rings is 2. The van der Waals surface area contributed by atoms with Crippen LogP contribution in [0.3, 0.4) is 0 Å². The van der Waals surface area contributed by atoms with Crippen molar-refractivity contribution in [1.29, 1.82) is 0 Å². The average Bonchev–Trinajstić information content (AvgIpc) is 2.60. The molecule has 8 nitrogen and oxygen atoms in total. The third kappa shape index (κ3) is 5.72. The topological polar surface area (TPSA) is 128 Å². The molecule has 0 heterocycles. The van der Waals surface area contributed by atoms with Gasteiger partial charge >= 0.3 is 6.61 Å². The molecule has 2 rings (SSSR count). The van der Waals surface area contributed by atoms with Crippen LogP contribution in [-0.4, -0.2) is 33.4 Å². The van der Waals surface area contributed by atoms with Crippen LogP contribution in [0.2, 0.25) is 0 Å². The van der Waals surface area contributed by atoms with Crippen LogP contribution in [0.4, 0.5) is 14.5 Å². The Kier molecular flexibility index (Phi) is 6.65. The third-order valence-corrected chi connectivity index (χ3v) is 4.59. The quantitative estimate of drug-likeness (QED) is 0.635. The number of nitrogens with one attached hydrogen (secondary N) is 2. The van der Waals surface area contributed by atoms with Gasteiger partial charge in [0.05, 0.1) is 17.0 Å². The molecule has 11 heteroatoms. The lowest BCUT2D eigenvalue weighted by Gasteiger charge is -2.11. The van der Waals surface area contributed by atoms with Crippen LogP contribution in [0.25, 0.3) is 0 Å². The number of halogens is 2. The highest BCUT2D eigenvalue weighted by Crippen LogP contribution is 2.20. The Morgan fingerprint density at radius 2 is 1.86 bits per heavy atom. The molecule has 2 amide bonds. The van der Waals surface area contributed by atoms with E-state index in [9.17, 15) is 26.8 Å². The summed E-state index contributed by atoms with van der Waals surface area (Å²) in [6.07, 6.45) is 0. The van der Waals surface area contributed by atoms with E-state index in [1.165, 1.54) is 42.5 Å². The van der Waals surface area contributed by atoms with E-state index in [0.717, 1.165) is 0 Å². The smallest absolute Gasteiger partial charge is 0.387 e. The molecule has 0 unspecified atom stereocenters. The molecule has 0 aliphatic carbocycles. The van der Waals surface area contributed by atoms with Crippen LogP contribution in [-0.2, 0) is 14.8 Å². The zero-order valence-corrected chi connectivity index (χ0v) is 15.4. The number of carbonyl (C=O) groups is 2. The number of para-hydroxylation sites is 1. The fraction of sp³-hybridized carbons (Fsp3) is 0.176. The number of aryl methyl sites for hydroxylation is 1. The largest absolute Gasteiger partial charge is 0.434 e. The van der Waals surface area contributed by atoms with Crippen molar-refractivity contribution < 1.29 is 31.5 Å². The Hall–Kier alpha value is -3.05. The summed E-state index contributed by atoms with van der Waals surface area (Å²) in [5.74, 6) is -1.78. The van der Waals surface area contributed by atoms with Crippen molar-refractivity contribution in [3.8, 4) is 5.75 Å². The van der Waals surface area contributed by atoms with Gasteiger partial charge in [-0.05, 0) is 36.8 Å². The van der Waals surface area contributed by atoms with Gasteiger partial charge < -0.3 is 15.4 Å². The molecule has 2 aromatic carbocycles. The maximum absolute atomic E-state index is 12.4. The van der Waals surface area contributed by atoms with E-state index < -0.39 is 35.0 Å². The van der Waals surface area contributed by atoms with Gasteiger partial charge in [-0.2, -0.15) is 8.78 Å². The molecule has 0 bridgehead atoms. The first-order chi connectivity index (χ1) is 13.1. The Balaban J connectivity index is 2.03. The summed E-state index contributed by atoms with van der Waals surface area (Å²) in [5.41, 5.74) is 0.405. The Morgan fingerprint density at radius 1 is 1.18 bits per heavy atom. The third-order valence-electron chi connectivity index (χ3n) is 3.54. The zero-order chi connectivity index (χ0) is 20.9. The maximum atomic E-state index is 12.4. The fourth-order valence-electron chi connectivity index (χ4n) is 2.30. The van der Waals surface area contributed by atoms with Gasteiger partial charge in [0.1, 0.15) is 5.75 Å². The fourth-order valence-corrected chi connectivity index (χ4v) is 3.11. The van der Waals surface area contributed by atoms with Gasteiger partial charge in [-0.1, -0.05) is 18.2 Å². The second kappa shape index (κ2) is 8.76. The Morgan fingerprint density at radius 3 is 2.50 bits per heavy atom. The van der Waals surface area contributed by atoms with Gasteiger partial charge in [0.25, 0.3) is 5.91 Å². The minimum Gasteiger partial charge on any atom is -0.434 e. The van der Waals surface area contributed by atoms with E-state index in [0.29, 0.717) is 5.56 Å². The summed E-state index contributed by atoms with van der Waals surface area (Å²) < 4.78 is 52.1. The summed E-state index contributed by atoms with van der Waals surface area (Å²) in [7, 11) is -3.96. The highest BCUT2D eigenvalue weighted by Gasteiger charge is 2.17. The van der Waals surface area contributed by atoms with Crippen LogP contribution in [0.1, 0.15) is 15.9 Å². The first-order valence-electron chi connectivity index (χ1n) is 7.83. The standard InChI is InChI=1S/C17H17F2N3O5S/c1-10-6-7-11(8-14(10)28(20,25)26)22-15(23)9-21-16(24)12-4-2-3-5-13(12)27-17(18)19/h2-8,17H,9H2,1H3,(H,21,24)(H,22,23)(H2,20,25,26). The first kappa shape index (κ1) is 21.3. The normalized spacial score (nSPS) is 11.2. The predicted octanol–water partition coefficient (Wildman–Crippen LogP) is 1.61. The molecule has 28 heavy (non-hydrogen) atoms. The van der Waals surface area contributed by atoms with Crippen molar-refractivity contribution in [1.82, 2.24) is 5.32 Å². The number of amides is 2. The van der Waals surface area contributed by atoms with Crippen molar-refractivity contribution >= 4 is 27.5 Å². The van der Waals surface area contributed by atoms with Crippen LogP contribution < -0.4 is 20.5 Å². The lowest BCUT2D eigenvalue weighted by molar-refractivity contribution is -0.115. The Bertz CT molecular complexity index is 996. The summed E-state index contributed by atoms with van der Waals surface area (Å²) in [6.45, 7) is -2.04. The highest BCUT2D eigenvalue weighted by atomic mass is 32.2. The van der Waals surface area contributed by atoms with Gasteiger partial charge in [-0.3, -0.25) is 9.59 Å². The SMILES string of the molecule is Cc1ccc(NC(=O)CNC(=O)c2ccccc2OC(F)F)cc1S(N)(=O)=O. The molecular formula is C17H17F2N3O5S. The molecule has 0 aliphatic rings. The monoisotopic (exact) mass is 413 g/mol. The second-order valence-electron chi connectivity index (χ2n) is 5.63. The van der Waals surface area contributed by atoms with E-state index >= 15 is 0 Å². The first-order valence-corrected chi connectivity index (χ1v) is 9.38. The van der Waals surface area contributed by atoms with Crippen molar-refractivity contribution in [2.75, 3.05) is 11.9 Å². The molecule has 0 fully saturated rings. The van der Waals surface area contributed by atoms with Crippen molar-refractivity contribution in [2.45, 2.75) is 18.4 Å². The van der Waals surface area contributed by atoms with E-state index in [4.69, 9.17) is 5.14 Å². The number of sulfonamides is 1. The summed E-state index contributed by atoms with van der Waals surface area (Å²) in [5, 5.41) is 9.79. The lowest BCUT2D eigenvalue weighted by atomic mass is 10.2. The van der Waals surface area contributed by atoms with Crippen LogP contribution >= 0.6 is 0 Å². The molecule has 0 radical (unpaired) electrons. The van der Waals surface area contributed by atoms with Gasteiger partial charge in [-0.25, -0.2) is 13.6 Å². The number of primary sulfonamides is 1. The number of hydrogen-bond acceptors (Lipinski definition) is 5. The number of rotatable bonds is 7. The number of carbonyl (C=O) groups excluding carboxylic acids is 2. The average molecular weight is 413 g/mol. The molecule has 0 spiro atoms. The molecule has 150 valence electrons. The minimum absolute atomic E-state index is 0.146. The van der Waals surface area contributed by atoms with Crippen molar-refractivity contribution in [3.05, 3.63) is 53.6 Å². The van der Waals surface area contributed by atoms with Crippen LogP contribution in [0.5, 0.6) is 5.75 Å². The van der Waals surface area contributed by atoms with Gasteiger partial charge in [-0.15, -0.1) is 0 Å². The molecule has 0 aromatic heterocycles. The predicted molar refractivity (Wildman–Crippen MR) is 96.6 cm³/mol. The summed E-state index contributed by atoms with van der Waals surface area (Å²) in [6, 6.07) is 9.46. The zero-order valence-electron chi connectivity index (χ0n) is 14.6. The second-order valence-corrected chi connectivity index (χ2v) is 7.16. The van der Waals surface area contributed by atoms with Crippen LogP contribution in [0.15, 0.2) is 47.4 Å². The minimum atomic E-state index is -3.96. The van der Waals surface area contributed by atoms with E-state index in [1.807, 2.05) is 0 Å². The number of anilines is 1. The van der Waals surface area contributed by atoms with Gasteiger partial charge in [0.15, 0.2) is 0 Å². The van der Waals surface area contributed by atoms with Crippen molar-refractivity contribution in [2.24, 2.45) is 5.14 Å². The lowest BCUT2D eigenvalue weighted by Crippen LogP contribution is -2.33. The molecule has 0 atom stereocenters. The number of ether oxygens (including phenoxy) is 1. The molecule has 0 aliphatic heterocycles. The molecule has 0 saturated carbocycles. The van der Waals surface area contributed by atoms with Crippen LogP contribution in [0, 0.1) is 6.92 Å². The Labute approximate surface area is 159 Å². The van der Waals surface area contributed by atoms with Gasteiger partial charge in [0.2, 0.25) is 15.9 Å². The van der Waals surface area contributed by atoms with Crippen molar-refractivity contribution in [3.63, 3.8) is 0 Å². The molecule has 0 saturated heterocycles. The summed E-state index contributed by atoms with van der Waals surface area (Å²) in [4.78, 5) is 24.0. The molecule has 4 N–H and O–H groups in total. The number of hydrogen-bond donors (Lipinski definition) is 3. The maximum Gasteiger partial charge on any atom is 0.387 e.